The summed E-state index contributed by atoms with van der Waals surface area (Å²) in [6.45, 7) is 0. The third kappa shape index (κ3) is 1.97. The number of rotatable bonds is 0. The SMILES string of the molecule is N#[C][Fe-2]([Cl])([Br])([C]#N)([C]#N)[C]#N.[Zn+2]. The van der Waals surface area contributed by atoms with Crippen LogP contribution in [0.2, 0.25) is 0 Å². The molecule has 12 heavy (non-hydrogen) atoms. The van der Waals surface area contributed by atoms with Crippen molar-refractivity contribution in [3.63, 3.8) is 0 Å². The van der Waals surface area contributed by atoms with E-state index in [1.165, 1.54) is 19.9 Å². The standard InChI is InChI=1S/4CN.BrH.ClH.Fe.Zn/c4*1-2;;;;/h;;;;2*1H;;/q;;;;;;;+2/p-2. The molecule has 0 aromatic heterocycles. The van der Waals surface area contributed by atoms with Gasteiger partial charge in [0.2, 0.25) is 0 Å². The quantitative estimate of drug-likeness (QED) is 0.626. The zero-order chi connectivity index (χ0) is 9.24. The maximum atomic E-state index is 8.46. The van der Waals surface area contributed by atoms with E-state index >= 15 is 0 Å². The van der Waals surface area contributed by atoms with Crippen molar-refractivity contribution in [2.45, 2.75) is 0 Å². The van der Waals surface area contributed by atoms with Crippen LogP contribution < -0.4 is 0 Å². The Balaban J connectivity index is 0. The van der Waals surface area contributed by atoms with Crippen molar-refractivity contribution in [2.75, 3.05) is 0 Å². The van der Waals surface area contributed by atoms with E-state index in [4.69, 9.17) is 31.1 Å². The summed E-state index contributed by atoms with van der Waals surface area (Å²) in [6.07, 6.45) is 0. The molecule has 0 aliphatic carbocycles. The second-order valence-electron chi connectivity index (χ2n) is 1.43. The van der Waals surface area contributed by atoms with Crippen molar-refractivity contribution in [3.8, 4) is 19.9 Å². The van der Waals surface area contributed by atoms with Crippen molar-refractivity contribution in [3.05, 3.63) is 0 Å². The summed E-state index contributed by atoms with van der Waals surface area (Å²) < 4.78 is 0. The molecule has 0 N–H and O–H groups in total. The molecule has 0 fully saturated rings. The summed E-state index contributed by atoms with van der Waals surface area (Å²) in [5.41, 5.74) is 0. The molecule has 0 rings (SSSR count). The fourth-order valence-electron chi connectivity index (χ4n) is 0.106. The van der Waals surface area contributed by atoms with E-state index in [1.807, 2.05) is 0 Å². The summed E-state index contributed by atoms with van der Waals surface area (Å²) in [6, 6.07) is 0. The van der Waals surface area contributed by atoms with Gasteiger partial charge >= 0.3 is 92.6 Å². The molecule has 0 bridgehead atoms. The van der Waals surface area contributed by atoms with Crippen LogP contribution in [0, 0.1) is 40.9 Å². The first-order valence-electron chi connectivity index (χ1n) is 1.87. The first-order chi connectivity index (χ1) is 4.80. The number of hydrogen-bond acceptors (Lipinski definition) is 4. The van der Waals surface area contributed by atoms with Gasteiger partial charge < -0.3 is 0 Å². The molecule has 0 heterocycles. The van der Waals surface area contributed by atoms with E-state index in [0.29, 0.717) is 0 Å². The van der Waals surface area contributed by atoms with E-state index in [9.17, 15) is 0 Å². The maximum Gasteiger partial charge on any atom is 2.00 e. The molecule has 0 saturated carbocycles. The Morgan fingerprint density at radius 3 is 1.08 bits per heavy atom. The zero-order valence-electron chi connectivity index (χ0n) is 5.61. The Labute approximate surface area is 91.9 Å². The van der Waals surface area contributed by atoms with Gasteiger partial charge in [0.05, 0.1) is 0 Å². The number of nitrogens with zero attached hydrogens (tertiary/aromatic N) is 4. The summed E-state index contributed by atoms with van der Waals surface area (Å²) in [5, 5.41) is 33.9. The number of nitriles is 4. The Bertz CT molecular complexity index is 314. The molecule has 0 aliphatic rings. The Morgan fingerprint density at radius 2 is 1.08 bits per heavy atom. The maximum absolute atomic E-state index is 8.46. The normalized spacial score (nSPS) is 14.2. The van der Waals surface area contributed by atoms with Crippen molar-refractivity contribution in [1.29, 1.82) is 21.0 Å². The molecule has 0 saturated heterocycles. The van der Waals surface area contributed by atoms with Crippen LogP contribution >= 0.6 is 24.2 Å². The Hall–Kier alpha value is -0.127. The molecule has 0 unspecified atom stereocenters. The summed E-state index contributed by atoms with van der Waals surface area (Å²) in [4.78, 5) is 5.05. The topological polar surface area (TPSA) is 95.2 Å². The minimum absolute atomic E-state index is 0. The largest absolute Gasteiger partial charge is 2.00 e. The first-order valence-corrected chi connectivity index (χ1v) is 8.33. The predicted molar refractivity (Wildman–Crippen MR) is 37.2 cm³/mol. The molecular weight excluding hydrogens is 341 g/mol. The smallest absolute Gasteiger partial charge is 2.00 e. The average molecular weight is 341 g/mol. The van der Waals surface area contributed by atoms with Crippen LogP contribution in [0.15, 0.2) is 0 Å². The van der Waals surface area contributed by atoms with Gasteiger partial charge in [0.1, 0.15) is 0 Å². The van der Waals surface area contributed by atoms with Gasteiger partial charge in [-0.05, 0) is 0 Å². The van der Waals surface area contributed by atoms with Gasteiger partial charge in [0.25, 0.3) is 0 Å². The second-order valence-corrected chi connectivity index (χ2v) is 15.8. The van der Waals surface area contributed by atoms with Crippen molar-refractivity contribution < 1.29 is 27.5 Å². The minimum atomic E-state index is -5.41. The van der Waals surface area contributed by atoms with Gasteiger partial charge in [0.15, 0.2) is 0 Å². The van der Waals surface area contributed by atoms with Gasteiger partial charge in [-0.25, -0.2) is 0 Å². The van der Waals surface area contributed by atoms with Crippen LogP contribution in [0.5, 0.6) is 0 Å². The summed E-state index contributed by atoms with van der Waals surface area (Å²) >= 11 is 2.46. The molecule has 0 amide bonds. The minimum Gasteiger partial charge on any atom is 2.00 e. The van der Waals surface area contributed by atoms with Gasteiger partial charge in [-0.3, -0.25) is 0 Å². The molecule has 0 radical (unpaired) electrons. The van der Waals surface area contributed by atoms with Crippen LogP contribution in [-0.2, 0) is 27.5 Å². The van der Waals surface area contributed by atoms with Gasteiger partial charge in [0, 0.05) is 0 Å². The van der Waals surface area contributed by atoms with Crippen molar-refractivity contribution >= 4 is 24.2 Å². The van der Waals surface area contributed by atoms with Gasteiger partial charge in [-0.1, -0.05) is 0 Å². The monoisotopic (exact) mass is 338 g/mol. The van der Waals surface area contributed by atoms with Crippen LogP contribution in [0.4, 0.5) is 0 Å². The second kappa shape index (κ2) is 2.98. The zero-order valence-corrected chi connectivity index (χ0v) is 12.0. The van der Waals surface area contributed by atoms with Gasteiger partial charge in [-0.15, -0.1) is 0 Å². The van der Waals surface area contributed by atoms with E-state index in [2.05, 4.69) is 14.1 Å². The molecule has 0 atom stereocenters. The third-order valence-corrected chi connectivity index (χ3v) is 5.99. The van der Waals surface area contributed by atoms with Crippen LogP contribution in [0.1, 0.15) is 0 Å². The van der Waals surface area contributed by atoms with Crippen LogP contribution in [-0.4, -0.2) is 0 Å². The predicted octanol–water partition coefficient (Wildman–Crippen LogP) is 1.60. The summed E-state index contributed by atoms with van der Waals surface area (Å²) in [7, 11) is -0.000772. The van der Waals surface area contributed by atoms with Gasteiger partial charge in [-0.2, -0.15) is 0 Å². The summed E-state index contributed by atoms with van der Waals surface area (Å²) in [5.74, 6) is 0. The first kappa shape index (κ1) is 14.4. The molecule has 0 spiro atoms. The number of hydrogen-bond donors (Lipinski definition) is 0. The molecule has 0 aromatic rings. The Kier molecular flexibility index (Phi) is 3.57. The van der Waals surface area contributed by atoms with E-state index in [-0.39, 0.29) is 19.5 Å². The van der Waals surface area contributed by atoms with E-state index in [1.54, 1.807) is 0 Å². The van der Waals surface area contributed by atoms with Crippen molar-refractivity contribution in [2.24, 2.45) is 0 Å². The third-order valence-electron chi connectivity index (χ3n) is 0.713. The van der Waals surface area contributed by atoms with Crippen LogP contribution in [0.25, 0.3) is 0 Å². The number of halogens is 2. The fraction of sp³-hybridized carbons (Fsp3) is 0. The molecular formula is C4BrClFeN4Zn. The Morgan fingerprint density at radius 1 is 0.917 bits per heavy atom. The molecule has 8 heteroatoms. The van der Waals surface area contributed by atoms with E-state index in [0.717, 1.165) is 0 Å². The van der Waals surface area contributed by atoms with Crippen LogP contribution in [0.3, 0.4) is 0 Å². The molecule has 0 aromatic carbocycles. The van der Waals surface area contributed by atoms with E-state index < -0.39 is 8.01 Å². The fourth-order valence-corrected chi connectivity index (χ4v) is 0.437. The molecule has 60 valence electrons. The molecule has 0 aliphatic heterocycles. The van der Waals surface area contributed by atoms with Crippen molar-refractivity contribution in [1.82, 2.24) is 0 Å². The average Bonchev–Trinajstić information content (AvgIpc) is 2.07. The molecule has 4 nitrogen and oxygen atoms in total.